The van der Waals surface area contributed by atoms with Crippen LogP contribution in [0.5, 0.6) is 5.75 Å². The summed E-state index contributed by atoms with van der Waals surface area (Å²) >= 11 is 3.23. The zero-order chi connectivity index (χ0) is 18.0. The summed E-state index contributed by atoms with van der Waals surface area (Å²) in [5, 5.41) is 9.74. The van der Waals surface area contributed by atoms with E-state index < -0.39 is 5.97 Å². The highest BCUT2D eigenvalue weighted by atomic mass is 79.9. The average molecular weight is 391 g/mol. The van der Waals surface area contributed by atoms with Crippen LogP contribution in [0.1, 0.15) is 43.0 Å². The number of aryl methyl sites for hydroxylation is 2. The lowest BCUT2D eigenvalue weighted by molar-refractivity contribution is 0.0471. The summed E-state index contributed by atoms with van der Waals surface area (Å²) < 4.78 is 5.74. The predicted octanol–water partition coefficient (Wildman–Crippen LogP) is 4.43. The zero-order valence-corrected chi connectivity index (χ0v) is 15.7. The van der Waals surface area contributed by atoms with E-state index in [1.54, 1.807) is 6.07 Å². The molecule has 0 atom stereocenters. The van der Waals surface area contributed by atoms with Crippen LogP contribution in [0.25, 0.3) is 0 Å². The standard InChI is InChI=1S/C19H19BrO4/c1-10-7-11(2)13(4)18(12(10)3)17(22)9-24-19(23)15-8-14(20)5-6-16(15)21/h5-8,21H,9H2,1-4H3. The largest absolute Gasteiger partial charge is 0.507 e. The number of esters is 1. The predicted molar refractivity (Wildman–Crippen MR) is 95.8 cm³/mol. The number of hydrogen-bond donors (Lipinski definition) is 1. The molecule has 0 saturated carbocycles. The molecule has 5 heteroatoms. The number of rotatable bonds is 4. The van der Waals surface area contributed by atoms with Crippen LogP contribution in [0.4, 0.5) is 0 Å². The van der Waals surface area contributed by atoms with Crippen molar-refractivity contribution in [1.82, 2.24) is 0 Å². The van der Waals surface area contributed by atoms with Gasteiger partial charge in [-0.05, 0) is 68.1 Å². The van der Waals surface area contributed by atoms with Crippen LogP contribution in [0.2, 0.25) is 0 Å². The fraction of sp³-hybridized carbons (Fsp3) is 0.263. The molecule has 0 fully saturated rings. The molecule has 0 heterocycles. The summed E-state index contributed by atoms with van der Waals surface area (Å²) in [6.07, 6.45) is 0. The Bertz CT molecular complexity index is 798. The van der Waals surface area contributed by atoms with Gasteiger partial charge in [0.05, 0.1) is 0 Å². The third kappa shape index (κ3) is 3.67. The van der Waals surface area contributed by atoms with Gasteiger partial charge in [-0.3, -0.25) is 4.79 Å². The Morgan fingerprint density at radius 2 is 1.62 bits per heavy atom. The second-order valence-corrected chi connectivity index (χ2v) is 6.71. The molecule has 0 amide bonds. The first-order chi connectivity index (χ1) is 11.2. The third-order valence-corrected chi connectivity index (χ3v) is 4.65. The van der Waals surface area contributed by atoms with Gasteiger partial charge in [0.2, 0.25) is 5.78 Å². The van der Waals surface area contributed by atoms with Crippen LogP contribution in [0, 0.1) is 27.7 Å². The first-order valence-electron chi connectivity index (χ1n) is 7.48. The number of benzene rings is 2. The highest BCUT2D eigenvalue weighted by molar-refractivity contribution is 9.10. The Balaban J connectivity index is 2.20. The molecule has 0 bridgehead atoms. The number of halogens is 1. The Morgan fingerprint density at radius 3 is 2.21 bits per heavy atom. The molecule has 0 unspecified atom stereocenters. The number of ketones is 1. The number of ether oxygens (including phenoxy) is 1. The van der Waals surface area contributed by atoms with Gasteiger partial charge in [-0.25, -0.2) is 4.79 Å². The summed E-state index contributed by atoms with van der Waals surface area (Å²) in [6, 6.07) is 6.49. The fourth-order valence-corrected chi connectivity index (χ4v) is 2.95. The summed E-state index contributed by atoms with van der Waals surface area (Å²) in [7, 11) is 0. The maximum absolute atomic E-state index is 12.5. The molecular weight excluding hydrogens is 372 g/mol. The summed E-state index contributed by atoms with van der Waals surface area (Å²) in [4.78, 5) is 24.6. The highest BCUT2D eigenvalue weighted by Crippen LogP contribution is 2.24. The van der Waals surface area contributed by atoms with Gasteiger partial charge in [0.15, 0.2) is 6.61 Å². The molecular formula is C19H19BrO4. The van der Waals surface area contributed by atoms with E-state index in [9.17, 15) is 14.7 Å². The topological polar surface area (TPSA) is 63.6 Å². The lowest BCUT2D eigenvalue weighted by Gasteiger charge is -2.14. The van der Waals surface area contributed by atoms with E-state index in [4.69, 9.17) is 4.74 Å². The number of carbonyl (C=O) groups excluding carboxylic acids is 2. The quantitative estimate of drug-likeness (QED) is 0.619. The van der Waals surface area contributed by atoms with Crippen LogP contribution in [0.3, 0.4) is 0 Å². The number of Topliss-reactive ketones (excluding diaryl/α,β-unsaturated/α-hetero) is 1. The van der Waals surface area contributed by atoms with Gasteiger partial charge in [0, 0.05) is 10.0 Å². The van der Waals surface area contributed by atoms with Crippen LogP contribution in [0.15, 0.2) is 28.7 Å². The minimum atomic E-state index is -0.734. The van der Waals surface area contributed by atoms with Gasteiger partial charge in [-0.15, -0.1) is 0 Å². The van der Waals surface area contributed by atoms with Gasteiger partial charge in [-0.1, -0.05) is 22.0 Å². The minimum Gasteiger partial charge on any atom is -0.507 e. The summed E-state index contributed by atoms with van der Waals surface area (Å²) in [6.45, 7) is 7.30. The third-order valence-electron chi connectivity index (χ3n) is 4.16. The van der Waals surface area contributed by atoms with Crippen molar-refractivity contribution in [1.29, 1.82) is 0 Å². The average Bonchev–Trinajstić information content (AvgIpc) is 2.53. The van der Waals surface area contributed by atoms with Crippen molar-refractivity contribution in [2.24, 2.45) is 0 Å². The van der Waals surface area contributed by atoms with E-state index in [-0.39, 0.29) is 23.7 Å². The van der Waals surface area contributed by atoms with Crippen LogP contribution < -0.4 is 0 Å². The van der Waals surface area contributed by atoms with Gasteiger partial charge in [-0.2, -0.15) is 0 Å². The number of phenolic OH excluding ortho intramolecular Hbond substituents is 1. The molecule has 0 saturated heterocycles. The van der Waals surface area contributed by atoms with Gasteiger partial charge >= 0.3 is 5.97 Å². The molecule has 4 nitrogen and oxygen atoms in total. The van der Waals surface area contributed by atoms with Crippen LogP contribution in [-0.4, -0.2) is 23.5 Å². The molecule has 2 aromatic carbocycles. The molecule has 0 aliphatic carbocycles. The fourth-order valence-electron chi connectivity index (χ4n) is 2.59. The number of hydrogen-bond acceptors (Lipinski definition) is 4. The van der Waals surface area contributed by atoms with Crippen molar-refractivity contribution >= 4 is 27.7 Å². The molecule has 1 N–H and O–H groups in total. The molecule has 126 valence electrons. The first-order valence-corrected chi connectivity index (χ1v) is 8.28. The summed E-state index contributed by atoms with van der Waals surface area (Å²) in [5.74, 6) is -1.17. The molecule has 0 radical (unpaired) electrons. The van der Waals surface area contributed by atoms with E-state index in [2.05, 4.69) is 15.9 Å². The van der Waals surface area contributed by atoms with Gasteiger partial charge in [0.25, 0.3) is 0 Å². The normalized spacial score (nSPS) is 10.5. The Kier molecular flexibility index (Phi) is 5.44. The zero-order valence-electron chi connectivity index (χ0n) is 14.1. The molecule has 2 rings (SSSR count). The van der Waals surface area contributed by atoms with Gasteiger partial charge in [0.1, 0.15) is 11.3 Å². The first kappa shape index (κ1) is 18.2. The van der Waals surface area contributed by atoms with E-state index in [1.165, 1.54) is 12.1 Å². The van der Waals surface area contributed by atoms with E-state index >= 15 is 0 Å². The van der Waals surface area contributed by atoms with Crippen molar-refractivity contribution in [2.75, 3.05) is 6.61 Å². The van der Waals surface area contributed by atoms with Crippen molar-refractivity contribution < 1.29 is 19.4 Å². The SMILES string of the molecule is Cc1cc(C)c(C)c(C(=O)COC(=O)c2cc(Br)ccc2O)c1C. The lowest BCUT2D eigenvalue weighted by Crippen LogP contribution is -2.17. The maximum Gasteiger partial charge on any atom is 0.342 e. The molecule has 24 heavy (non-hydrogen) atoms. The van der Waals surface area contributed by atoms with Gasteiger partial charge < -0.3 is 9.84 Å². The van der Waals surface area contributed by atoms with E-state index in [0.29, 0.717) is 10.0 Å². The number of phenols is 1. The second kappa shape index (κ2) is 7.18. The minimum absolute atomic E-state index is 0.0195. The molecule has 0 spiro atoms. The smallest absolute Gasteiger partial charge is 0.342 e. The van der Waals surface area contributed by atoms with Crippen molar-refractivity contribution in [3.63, 3.8) is 0 Å². The van der Waals surface area contributed by atoms with Crippen LogP contribution >= 0.6 is 15.9 Å². The number of carbonyl (C=O) groups is 2. The van der Waals surface area contributed by atoms with Crippen molar-refractivity contribution in [3.8, 4) is 5.75 Å². The monoisotopic (exact) mass is 390 g/mol. The Hall–Kier alpha value is -2.14. The molecule has 0 aromatic heterocycles. The van der Waals surface area contributed by atoms with E-state index in [0.717, 1.165) is 22.3 Å². The summed E-state index contributed by atoms with van der Waals surface area (Å²) in [5.41, 5.74) is 4.45. The Morgan fingerprint density at radius 1 is 1.04 bits per heavy atom. The molecule has 0 aliphatic rings. The molecule has 2 aromatic rings. The molecule has 0 aliphatic heterocycles. The second-order valence-electron chi connectivity index (χ2n) is 5.80. The van der Waals surface area contributed by atoms with Crippen LogP contribution in [-0.2, 0) is 4.74 Å². The lowest BCUT2D eigenvalue weighted by atomic mass is 9.92. The maximum atomic E-state index is 12.5. The van der Waals surface area contributed by atoms with Crippen molar-refractivity contribution in [2.45, 2.75) is 27.7 Å². The van der Waals surface area contributed by atoms with Crippen molar-refractivity contribution in [3.05, 3.63) is 62.1 Å². The highest BCUT2D eigenvalue weighted by Gasteiger charge is 2.19. The number of aromatic hydroxyl groups is 1. The van der Waals surface area contributed by atoms with E-state index in [1.807, 2.05) is 33.8 Å². The Labute approximate surface area is 149 Å².